The van der Waals surface area contributed by atoms with E-state index in [1.807, 2.05) is 42.5 Å². The average Bonchev–Trinajstić information content (AvgIpc) is 3.41. The highest BCUT2D eigenvalue weighted by Gasteiger charge is 2.45. The molecule has 5 rings (SSSR count). The van der Waals surface area contributed by atoms with E-state index in [1.165, 1.54) is 12.1 Å². The number of ketones is 1. The standard InChI is InChI=1S/C38H49NO10/c39-38(42)27-18-20-29(21-19-27)47-34(41)15-7-2-1-6-14-31-32(40)24-33(49-36-17-9-11-23-44-36)37(31)46-26-30(48-35-16-8-10-22-43-35)25-45-28-12-4-3-5-13-28/h1,3-6,12-13,18-21,30-31,33,35-37H,2,7-11,14-17,22-26H2,(H2,39,42)/b6-1-/t30?,31-,33-,35?,36?,37-/m0/s1. The Hall–Kier alpha value is -3.61. The minimum atomic E-state index is -0.542. The smallest absolute Gasteiger partial charge is 0.311 e. The molecule has 3 unspecified atom stereocenters. The number of esters is 1. The van der Waals surface area contributed by atoms with Gasteiger partial charge in [-0.3, -0.25) is 14.4 Å². The summed E-state index contributed by atoms with van der Waals surface area (Å²) in [7, 11) is 0. The normalized spacial score (nSPS) is 24.9. The zero-order valence-electron chi connectivity index (χ0n) is 28.1. The lowest BCUT2D eigenvalue weighted by molar-refractivity contribution is -0.226. The van der Waals surface area contributed by atoms with Gasteiger partial charge in [0.15, 0.2) is 12.6 Å². The molecule has 0 spiro atoms. The van der Waals surface area contributed by atoms with Crippen molar-refractivity contribution in [1.82, 2.24) is 0 Å². The van der Waals surface area contributed by atoms with Crippen molar-refractivity contribution in [2.45, 2.75) is 102 Å². The number of hydrogen-bond acceptors (Lipinski definition) is 10. The number of rotatable bonds is 18. The second-order valence-corrected chi connectivity index (χ2v) is 12.7. The van der Waals surface area contributed by atoms with Crippen LogP contribution in [0.4, 0.5) is 0 Å². The Kier molecular flexibility index (Phi) is 14.6. The van der Waals surface area contributed by atoms with Crippen LogP contribution in [0.3, 0.4) is 0 Å². The summed E-state index contributed by atoms with van der Waals surface area (Å²) in [6.45, 7) is 1.79. The highest BCUT2D eigenvalue weighted by Crippen LogP contribution is 2.33. The van der Waals surface area contributed by atoms with Crippen molar-refractivity contribution in [3.8, 4) is 11.5 Å². The number of primary amides is 1. The van der Waals surface area contributed by atoms with Crippen LogP contribution in [0, 0.1) is 5.92 Å². The number of allylic oxidation sites excluding steroid dienone is 2. The molecular weight excluding hydrogens is 630 g/mol. The highest BCUT2D eigenvalue weighted by molar-refractivity contribution is 5.92. The first-order chi connectivity index (χ1) is 23.9. The molecule has 3 aliphatic rings. The van der Waals surface area contributed by atoms with Crippen LogP contribution in [-0.2, 0) is 33.3 Å². The molecule has 2 aromatic rings. The van der Waals surface area contributed by atoms with E-state index in [0.29, 0.717) is 43.8 Å². The summed E-state index contributed by atoms with van der Waals surface area (Å²) in [5.74, 6) is -0.106. The molecule has 2 aliphatic heterocycles. The quantitative estimate of drug-likeness (QED) is 0.0905. The molecule has 0 bridgehead atoms. The topological polar surface area (TPSA) is 142 Å². The highest BCUT2D eigenvalue weighted by atomic mass is 16.7. The van der Waals surface area contributed by atoms with Crippen LogP contribution >= 0.6 is 0 Å². The third-order valence-corrected chi connectivity index (χ3v) is 8.86. The zero-order chi connectivity index (χ0) is 34.3. The zero-order valence-corrected chi connectivity index (χ0v) is 28.1. The van der Waals surface area contributed by atoms with E-state index < -0.39 is 24.2 Å². The molecule has 2 heterocycles. The van der Waals surface area contributed by atoms with E-state index in [4.69, 9.17) is 38.9 Å². The lowest BCUT2D eigenvalue weighted by Crippen LogP contribution is -2.40. The maximum atomic E-state index is 13.4. The Bertz CT molecular complexity index is 1340. The van der Waals surface area contributed by atoms with Gasteiger partial charge in [0.1, 0.15) is 30.0 Å². The molecule has 11 heteroatoms. The molecule has 11 nitrogen and oxygen atoms in total. The molecule has 2 saturated heterocycles. The van der Waals surface area contributed by atoms with Gasteiger partial charge in [-0.05, 0) is 94.2 Å². The minimum Gasteiger partial charge on any atom is -0.491 e. The predicted molar refractivity (Wildman–Crippen MR) is 180 cm³/mol. The predicted octanol–water partition coefficient (Wildman–Crippen LogP) is 5.68. The van der Waals surface area contributed by atoms with E-state index in [-0.39, 0.29) is 56.3 Å². The van der Waals surface area contributed by atoms with Gasteiger partial charge in [0.25, 0.3) is 0 Å². The SMILES string of the molecule is NC(=O)c1ccc(OC(=O)CCC/C=C\C[C@H]2C(=O)C[C@H](OC3CCCCO3)[C@H]2OCC(COc2ccccc2)OC2CCCCO2)cc1. The summed E-state index contributed by atoms with van der Waals surface area (Å²) in [6.07, 6.45) is 9.84. The van der Waals surface area contributed by atoms with Crippen LogP contribution in [0.15, 0.2) is 66.7 Å². The molecule has 6 atom stereocenters. The summed E-state index contributed by atoms with van der Waals surface area (Å²) >= 11 is 0. The van der Waals surface area contributed by atoms with Crippen molar-refractivity contribution in [1.29, 1.82) is 0 Å². The number of carbonyl (C=O) groups is 3. The van der Waals surface area contributed by atoms with Gasteiger partial charge in [-0.25, -0.2) is 0 Å². The minimum absolute atomic E-state index is 0.0926. The first-order valence-electron chi connectivity index (χ1n) is 17.6. The van der Waals surface area contributed by atoms with Crippen LogP contribution in [0.25, 0.3) is 0 Å². The van der Waals surface area contributed by atoms with Gasteiger partial charge in [-0.2, -0.15) is 0 Å². The van der Waals surface area contributed by atoms with Gasteiger partial charge in [-0.15, -0.1) is 0 Å². The van der Waals surface area contributed by atoms with Gasteiger partial charge < -0.3 is 38.9 Å². The molecule has 2 N–H and O–H groups in total. The fraction of sp³-hybridized carbons (Fsp3) is 0.553. The first kappa shape index (κ1) is 36.7. The second-order valence-electron chi connectivity index (χ2n) is 12.7. The summed E-state index contributed by atoms with van der Waals surface area (Å²) < 4.78 is 42.3. The second kappa shape index (κ2) is 19.5. The molecule has 0 radical (unpaired) electrons. The fourth-order valence-corrected chi connectivity index (χ4v) is 6.22. The molecule has 2 aromatic carbocycles. The number of para-hydroxylation sites is 1. The van der Waals surface area contributed by atoms with Crippen LogP contribution in [0.5, 0.6) is 11.5 Å². The lowest BCUT2D eigenvalue weighted by atomic mass is 9.99. The molecular formula is C38H49NO10. The monoisotopic (exact) mass is 679 g/mol. The number of Topliss-reactive ketones (excluding diaryl/α,β-unsaturated/α-hetero) is 1. The molecule has 3 fully saturated rings. The van der Waals surface area contributed by atoms with Crippen molar-refractivity contribution in [2.75, 3.05) is 26.4 Å². The van der Waals surface area contributed by atoms with Crippen molar-refractivity contribution in [3.63, 3.8) is 0 Å². The van der Waals surface area contributed by atoms with E-state index in [9.17, 15) is 14.4 Å². The van der Waals surface area contributed by atoms with Crippen molar-refractivity contribution in [2.24, 2.45) is 11.7 Å². The van der Waals surface area contributed by atoms with E-state index in [0.717, 1.165) is 44.3 Å². The van der Waals surface area contributed by atoms with E-state index >= 15 is 0 Å². The van der Waals surface area contributed by atoms with Gasteiger partial charge in [-0.1, -0.05) is 30.4 Å². The van der Waals surface area contributed by atoms with Crippen LogP contribution < -0.4 is 15.2 Å². The Balaban J connectivity index is 1.15. The number of ether oxygens (including phenoxy) is 7. The first-order valence-corrected chi connectivity index (χ1v) is 17.6. The molecule has 1 aliphatic carbocycles. The summed E-state index contributed by atoms with van der Waals surface area (Å²) in [6, 6.07) is 15.7. The molecule has 266 valence electrons. The van der Waals surface area contributed by atoms with Gasteiger partial charge in [0.2, 0.25) is 5.91 Å². The third kappa shape index (κ3) is 12.0. The summed E-state index contributed by atoms with van der Waals surface area (Å²) in [5, 5.41) is 0. The van der Waals surface area contributed by atoms with Gasteiger partial charge in [0, 0.05) is 31.6 Å². The van der Waals surface area contributed by atoms with E-state index in [2.05, 4.69) is 0 Å². The lowest BCUT2D eigenvalue weighted by Gasteiger charge is -2.32. The number of nitrogens with two attached hydrogens (primary N) is 1. The Morgan fingerprint density at radius 2 is 1.61 bits per heavy atom. The number of hydrogen-bond donors (Lipinski definition) is 1. The largest absolute Gasteiger partial charge is 0.491 e. The summed E-state index contributed by atoms with van der Waals surface area (Å²) in [4.78, 5) is 36.9. The van der Waals surface area contributed by atoms with E-state index in [1.54, 1.807) is 12.1 Å². The van der Waals surface area contributed by atoms with Crippen molar-refractivity contribution < 1.29 is 47.5 Å². The Labute approximate surface area is 288 Å². The maximum absolute atomic E-state index is 13.4. The Morgan fingerprint density at radius 3 is 2.31 bits per heavy atom. The Morgan fingerprint density at radius 1 is 0.878 bits per heavy atom. The van der Waals surface area contributed by atoms with Gasteiger partial charge >= 0.3 is 5.97 Å². The molecule has 49 heavy (non-hydrogen) atoms. The van der Waals surface area contributed by atoms with Crippen molar-refractivity contribution >= 4 is 17.7 Å². The average molecular weight is 680 g/mol. The number of carbonyl (C=O) groups excluding carboxylic acids is 3. The van der Waals surface area contributed by atoms with Crippen LogP contribution in [-0.4, -0.2) is 75.0 Å². The number of unbranched alkanes of at least 4 members (excludes halogenated alkanes) is 1. The number of amides is 1. The fourth-order valence-electron chi connectivity index (χ4n) is 6.22. The number of benzene rings is 2. The maximum Gasteiger partial charge on any atom is 0.311 e. The van der Waals surface area contributed by atoms with Gasteiger partial charge in [0.05, 0.1) is 24.7 Å². The molecule has 0 aromatic heterocycles. The van der Waals surface area contributed by atoms with Crippen LogP contribution in [0.1, 0.15) is 81.0 Å². The van der Waals surface area contributed by atoms with Crippen molar-refractivity contribution in [3.05, 3.63) is 72.3 Å². The molecule has 1 amide bonds. The van der Waals surface area contributed by atoms with Crippen LogP contribution in [0.2, 0.25) is 0 Å². The third-order valence-electron chi connectivity index (χ3n) is 8.86. The summed E-state index contributed by atoms with van der Waals surface area (Å²) in [5.41, 5.74) is 5.60. The molecule has 1 saturated carbocycles.